The molecule has 0 N–H and O–H groups in total. The van der Waals surface area contributed by atoms with Gasteiger partial charge < -0.3 is 4.74 Å². The van der Waals surface area contributed by atoms with Crippen LogP contribution in [0.25, 0.3) is 21.5 Å². The number of hydrogen-bond donors (Lipinski definition) is 0. The Labute approximate surface area is 152 Å². The summed E-state index contributed by atoms with van der Waals surface area (Å²) in [6.07, 6.45) is 6.04. The molecule has 3 rings (SSSR count). The van der Waals surface area contributed by atoms with E-state index < -0.39 is 0 Å². The van der Waals surface area contributed by atoms with E-state index in [4.69, 9.17) is 4.74 Å². The first-order valence-corrected chi connectivity index (χ1v) is 9.84. The summed E-state index contributed by atoms with van der Waals surface area (Å²) in [4.78, 5) is 0. The van der Waals surface area contributed by atoms with Crippen molar-refractivity contribution in [1.82, 2.24) is 0 Å². The second-order valence-corrected chi connectivity index (χ2v) is 7.06. The highest BCUT2D eigenvalue weighted by atomic mass is 16.5. The Morgan fingerprint density at radius 2 is 1.68 bits per heavy atom. The summed E-state index contributed by atoms with van der Waals surface area (Å²) < 4.78 is 6.48. The van der Waals surface area contributed by atoms with E-state index in [1.54, 1.807) is 0 Å². The molecule has 0 aliphatic carbocycles. The number of fused-ring (bicyclic) bond motifs is 2. The van der Waals surface area contributed by atoms with Gasteiger partial charge in [0.25, 0.3) is 0 Å². The summed E-state index contributed by atoms with van der Waals surface area (Å²) in [5, 5.41) is 5.01. The molecule has 1 unspecified atom stereocenters. The molecule has 25 heavy (non-hydrogen) atoms. The van der Waals surface area contributed by atoms with Gasteiger partial charge in [-0.05, 0) is 47.2 Å². The largest absolute Gasteiger partial charge is 0.492 e. The maximum Gasteiger partial charge on any atom is 0.134 e. The van der Waals surface area contributed by atoms with Gasteiger partial charge in [-0.3, -0.25) is 0 Å². The van der Waals surface area contributed by atoms with E-state index in [9.17, 15) is 0 Å². The summed E-state index contributed by atoms with van der Waals surface area (Å²) in [6.45, 7) is 7.56. The fourth-order valence-electron chi connectivity index (χ4n) is 3.54. The number of ether oxygens (including phenoxy) is 1. The molecule has 1 nitrogen and oxygen atoms in total. The zero-order valence-electron chi connectivity index (χ0n) is 15.8. The molecule has 0 radical (unpaired) electrons. The Bertz CT molecular complexity index is 834. The molecule has 3 aromatic carbocycles. The van der Waals surface area contributed by atoms with Crippen molar-refractivity contribution in [3.8, 4) is 5.75 Å². The Kier molecular flexibility index (Phi) is 5.96. The fourth-order valence-corrected chi connectivity index (χ4v) is 3.54. The molecule has 0 aliphatic heterocycles. The summed E-state index contributed by atoms with van der Waals surface area (Å²) >= 11 is 0. The van der Waals surface area contributed by atoms with E-state index in [-0.39, 0.29) is 0 Å². The van der Waals surface area contributed by atoms with Crippen molar-refractivity contribution < 1.29 is 4.74 Å². The minimum absolute atomic E-state index is 0.642. The average molecular weight is 335 g/mol. The van der Waals surface area contributed by atoms with E-state index in [0.717, 1.165) is 18.8 Å². The second kappa shape index (κ2) is 8.38. The van der Waals surface area contributed by atoms with Crippen molar-refractivity contribution in [3.05, 3.63) is 54.1 Å². The highest BCUT2D eigenvalue weighted by Gasteiger charge is 2.12. The third-order valence-electron chi connectivity index (χ3n) is 5.29. The Morgan fingerprint density at radius 3 is 2.44 bits per heavy atom. The van der Waals surface area contributed by atoms with Crippen LogP contribution in [0.1, 0.15) is 52.0 Å². The minimum atomic E-state index is 0.642. The van der Waals surface area contributed by atoms with Crippen LogP contribution in [0.4, 0.5) is 0 Å². The van der Waals surface area contributed by atoms with E-state index in [1.165, 1.54) is 52.8 Å². The molecule has 0 saturated heterocycles. The molecule has 0 fully saturated rings. The quantitative estimate of drug-likeness (QED) is 0.397. The topological polar surface area (TPSA) is 9.23 Å². The third-order valence-corrected chi connectivity index (χ3v) is 5.29. The van der Waals surface area contributed by atoms with Gasteiger partial charge in [0, 0.05) is 10.8 Å². The summed E-state index contributed by atoms with van der Waals surface area (Å²) in [5.74, 6) is 1.71. The van der Waals surface area contributed by atoms with E-state index in [1.807, 2.05) is 0 Å². The Balaban J connectivity index is 2.02. The smallest absolute Gasteiger partial charge is 0.134 e. The van der Waals surface area contributed by atoms with Gasteiger partial charge in [0.1, 0.15) is 5.75 Å². The second-order valence-electron chi connectivity index (χ2n) is 7.06. The predicted octanol–water partition coefficient (Wildman–Crippen LogP) is 7.15. The maximum atomic E-state index is 6.48. The van der Waals surface area contributed by atoms with Crippen molar-refractivity contribution in [2.24, 2.45) is 5.92 Å². The van der Waals surface area contributed by atoms with Gasteiger partial charge in [-0.25, -0.2) is 0 Å². The van der Waals surface area contributed by atoms with Crippen LogP contribution in [0.3, 0.4) is 0 Å². The fraction of sp³-hybridized carbons (Fsp3) is 0.417. The number of hydrogen-bond acceptors (Lipinski definition) is 1. The zero-order valence-corrected chi connectivity index (χ0v) is 15.8. The van der Waals surface area contributed by atoms with Crippen molar-refractivity contribution in [2.45, 2.75) is 52.9 Å². The highest BCUT2D eigenvalue weighted by Crippen LogP contribution is 2.36. The van der Waals surface area contributed by atoms with Crippen molar-refractivity contribution in [1.29, 1.82) is 0 Å². The predicted molar refractivity (Wildman–Crippen MR) is 110 cm³/mol. The summed E-state index contributed by atoms with van der Waals surface area (Å²) in [6, 6.07) is 17.7. The van der Waals surface area contributed by atoms with Crippen LogP contribution in [-0.2, 0) is 6.42 Å². The molecule has 0 aliphatic rings. The molecule has 0 heterocycles. The van der Waals surface area contributed by atoms with Crippen LogP contribution in [0.15, 0.2) is 48.5 Å². The average Bonchev–Trinajstić information content (AvgIpc) is 2.66. The van der Waals surface area contributed by atoms with Gasteiger partial charge in [0.2, 0.25) is 0 Å². The standard InChI is InChI=1S/C24H30O/c1-4-7-10-19(6-3)17-25-24-22-12-9-8-11-20(22)16-21-14-13-18(5-2)15-23(21)24/h8-9,11-16,19H,4-7,10,17H2,1-3H3. The van der Waals surface area contributed by atoms with Crippen LogP contribution < -0.4 is 4.74 Å². The van der Waals surface area contributed by atoms with Gasteiger partial charge in [0.05, 0.1) is 6.61 Å². The van der Waals surface area contributed by atoms with Crippen LogP contribution in [0.2, 0.25) is 0 Å². The first-order valence-electron chi connectivity index (χ1n) is 9.84. The first-order chi connectivity index (χ1) is 12.3. The van der Waals surface area contributed by atoms with Gasteiger partial charge in [-0.15, -0.1) is 0 Å². The zero-order chi connectivity index (χ0) is 17.6. The lowest BCUT2D eigenvalue weighted by Gasteiger charge is -2.19. The third kappa shape index (κ3) is 3.98. The number of rotatable bonds is 8. The normalized spacial score (nSPS) is 12.6. The van der Waals surface area contributed by atoms with Crippen molar-refractivity contribution in [3.63, 3.8) is 0 Å². The SMILES string of the molecule is CCCCC(CC)COc1c2ccccc2cc2ccc(CC)cc12. The minimum Gasteiger partial charge on any atom is -0.492 e. The Morgan fingerprint density at radius 1 is 0.880 bits per heavy atom. The lowest BCUT2D eigenvalue weighted by Crippen LogP contribution is -2.11. The highest BCUT2D eigenvalue weighted by molar-refractivity contribution is 6.05. The Hall–Kier alpha value is -2.02. The summed E-state index contributed by atoms with van der Waals surface area (Å²) in [7, 11) is 0. The molecule has 3 aromatic rings. The van der Waals surface area contributed by atoms with Crippen LogP contribution in [-0.4, -0.2) is 6.61 Å². The number of benzene rings is 3. The molecule has 0 spiro atoms. The first kappa shape index (κ1) is 17.8. The molecule has 0 amide bonds. The number of unbranched alkanes of at least 4 members (excludes halogenated alkanes) is 1. The van der Waals surface area contributed by atoms with Crippen molar-refractivity contribution >= 4 is 21.5 Å². The molecule has 0 aromatic heterocycles. The molecule has 1 atom stereocenters. The maximum absolute atomic E-state index is 6.48. The molecular formula is C24H30O. The van der Waals surface area contributed by atoms with Gasteiger partial charge in [0.15, 0.2) is 0 Å². The lowest BCUT2D eigenvalue weighted by atomic mass is 9.98. The van der Waals surface area contributed by atoms with Gasteiger partial charge in [-0.1, -0.05) is 76.4 Å². The molecule has 0 saturated carbocycles. The van der Waals surface area contributed by atoms with Gasteiger partial charge in [-0.2, -0.15) is 0 Å². The molecular weight excluding hydrogens is 304 g/mol. The van der Waals surface area contributed by atoms with E-state index in [0.29, 0.717) is 5.92 Å². The van der Waals surface area contributed by atoms with Gasteiger partial charge >= 0.3 is 0 Å². The van der Waals surface area contributed by atoms with E-state index >= 15 is 0 Å². The van der Waals surface area contributed by atoms with Crippen LogP contribution >= 0.6 is 0 Å². The summed E-state index contributed by atoms with van der Waals surface area (Å²) in [5.41, 5.74) is 1.37. The molecule has 1 heteroatoms. The number of aryl methyl sites for hydroxylation is 1. The monoisotopic (exact) mass is 334 g/mol. The lowest BCUT2D eigenvalue weighted by molar-refractivity contribution is 0.238. The van der Waals surface area contributed by atoms with Crippen molar-refractivity contribution in [2.75, 3.05) is 6.61 Å². The van der Waals surface area contributed by atoms with Crippen LogP contribution in [0.5, 0.6) is 5.75 Å². The van der Waals surface area contributed by atoms with E-state index in [2.05, 4.69) is 69.3 Å². The van der Waals surface area contributed by atoms with Crippen LogP contribution in [0, 0.1) is 5.92 Å². The molecule has 132 valence electrons. The molecule has 0 bridgehead atoms.